The number of rotatable bonds is 7. The Balaban J connectivity index is 0.00000243. The second kappa shape index (κ2) is 10.2. The van der Waals surface area contributed by atoms with Gasteiger partial charge in [0, 0.05) is 12.1 Å². The summed E-state index contributed by atoms with van der Waals surface area (Å²) in [6.07, 6.45) is 5.37. The molecule has 5 nitrogen and oxygen atoms in total. The first kappa shape index (κ1) is 20.3. The number of nitrogens with zero attached hydrogens (tertiary/aromatic N) is 1. The monoisotopic (exact) mass is 378 g/mol. The van der Waals surface area contributed by atoms with Gasteiger partial charge in [0.05, 0.1) is 18.9 Å². The summed E-state index contributed by atoms with van der Waals surface area (Å²) in [4.78, 5) is 14.9. The largest absolute Gasteiger partial charge is 0.494 e. The van der Waals surface area contributed by atoms with Crippen molar-refractivity contribution in [2.75, 3.05) is 26.2 Å². The highest BCUT2D eigenvalue weighted by atomic mass is 35.5. The summed E-state index contributed by atoms with van der Waals surface area (Å²) in [5.41, 5.74) is 0.639. The first-order valence-electron chi connectivity index (χ1n) is 9.06. The number of ether oxygens (including phenoxy) is 1. The molecule has 1 aromatic heterocycles. The minimum atomic E-state index is -0.0726. The maximum Gasteiger partial charge on any atom is 0.251 e. The van der Waals surface area contributed by atoms with Crippen LogP contribution >= 0.6 is 12.4 Å². The molecule has 1 fully saturated rings. The summed E-state index contributed by atoms with van der Waals surface area (Å²) < 4.78 is 11.0. The number of nitrogens with one attached hydrogen (secondary N) is 1. The molecule has 1 aromatic carbocycles. The van der Waals surface area contributed by atoms with Crippen LogP contribution < -0.4 is 10.1 Å². The van der Waals surface area contributed by atoms with E-state index in [1.165, 1.54) is 19.3 Å². The van der Waals surface area contributed by atoms with Crippen molar-refractivity contribution in [3.63, 3.8) is 0 Å². The van der Waals surface area contributed by atoms with Gasteiger partial charge < -0.3 is 14.5 Å². The third-order valence-corrected chi connectivity index (χ3v) is 4.59. The van der Waals surface area contributed by atoms with Gasteiger partial charge in [-0.15, -0.1) is 12.4 Å². The van der Waals surface area contributed by atoms with Gasteiger partial charge in [0.1, 0.15) is 11.5 Å². The van der Waals surface area contributed by atoms with Crippen LogP contribution in [-0.4, -0.2) is 37.0 Å². The molecule has 26 heavy (non-hydrogen) atoms. The number of likely N-dealkylation sites (tertiary alicyclic amines) is 1. The average Bonchev–Trinajstić information content (AvgIpc) is 3.18. The Morgan fingerprint density at radius 2 is 1.92 bits per heavy atom. The van der Waals surface area contributed by atoms with Gasteiger partial charge in [0.25, 0.3) is 5.91 Å². The lowest BCUT2D eigenvalue weighted by atomic mass is 10.1. The zero-order chi connectivity index (χ0) is 17.5. The quantitative estimate of drug-likeness (QED) is 0.789. The van der Waals surface area contributed by atoms with E-state index in [0.717, 1.165) is 24.6 Å². The Hall–Kier alpha value is -1.98. The van der Waals surface area contributed by atoms with Gasteiger partial charge in [0.2, 0.25) is 0 Å². The SMILES string of the molecule is CCOc1ccc(C(=O)NCC(c2ccco2)N2CCCCC2)cc1.Cl. The van der Waals surface area contributed by atoms with Crippen LogP contribution in [0.2, 0.25) is 0 Å². The van der Waals surface area contributed by atoms with Crippen LogP contribution in [0.15, 0.2) is 47.1 Å². The molecular formula is C20H27ClN2O3. The number of piperidine rings is 1. The highest BCUT2D eigenvalue weighted by Gasteiger charge is 2.25. The fraction of sp³-hybridized carbons (Fsp3) is 0.450. The highest BCUT2D eigenvalue weighted by Crippen LogP contribution is 2.24. The van der Waals surface area contributed by atoms with Gasteiger partial charge in [-0.2, -0.15) is 0 Å². The number of furan rings is 1. The summed E-state index contributed by atoms with van der Waals surface area (Å²) in [7, 11) is 0. The predicted molar refractivity (Wildman–Crippen MR) is 104 cm³/mol. The van der Waals surface area contributed by atoms with Crippen LogP contribution in [0.3, 0.4) is 0 Å². The van der Waals surface area contributed by atoms with E-state index in [-0.39, 0.29) is 24.4 Å². The number of benzene rings is 1. The van der Waals surface area contributed by atoms with Crippen molar-refractivity contribution in [3.05, 3.63) is 54.0 Å². The third kappa shape index (κ3) is 5.26. The van der Waals surface area contributed by atoms with E-state index < -0.39 is 0 Å². The van der Waals surface area contributed by atoms with Gasteiger partial charge in [-0.05, 0) is 69.3 Å². The molecule has 1 saturated heterocycles. The van der Waals surface area contributed by atoms with E-state index >= 15 is 0 Å². The fourth-order valence-electron chi connectivity index (χ4n) is 3.28. The minimum Gasteiger partial charge on any atom is -0.494 e. The fourth-order valence-corrected chi connectivity index (χ4v) is 3.28. The molecule has 1 aliphatic heterocycles. The molecule has 0 saturated carbocycles. The topological polar surface area (TPSA) is 54.7 Å². The molecule has 1 N–H and O–H groups in total. The van der Waals surface area contributed by atoms with Gasteiger partial charge in [0.15, 0.2) is 0 Å². The van der Waals surface area contributed by atoms with Crippen molar-refractivity contribution in [2.24, 2.45) is 0 Å². The van der Waals surface area contributed by atoms with Crippen LogP contribution in [-0.2, 0) is 0 Å². The Morgan fingerprint density at radius 3 is 2.54 bits per heavy atom. The normalized spacial score (nSPS) is 15.7. The first-order valence-corrected chi connectivity index (χ1v) is 9.06. The van der Waals surface area contributed by atoms with Crippen LogP contribution in [0.4, 0.5) is 0 Å². The van der Waals surface area contributed by atoms with Crippen molar-refractivity contribution >= 4 is 18.3 Å². The van der Waals surface area contributed by atoms with Crippen LogP contribution in [0, 0.1) is 0 Å². The van der Waals surface area contributed by atoms with E-state index in [0.29, 0.717) is 18.7 Å². The number of amides is 1. The summed E-state index contributed by atoms with van der Waals surface area (Å²) in [6.45, 7) is 5.19. The standard InChI is InChI=1S/C20H26N2O3.ClH/c1-2-24-17-10-8-16(9-11-17)20(23)21-15-18(19-7-6-14-25-19)22-12-4-3-5-13-22;/h6-11,14,18H,2-5,12-13,15H2,1H3,(H,21,23);1H. The molecule has 0 bridgehead atoms. The Labute approximate surface area is 161 Å². The molecule has 3 rings (SSSR count). The Kier molecular flexibility index (Phi) is 8.01. The zero-order valence-electron chi connectivity index (χ0n) is 15.1. The smallest absolute Gasteiger partial charge is 0.251 e. The van der Waals surface area contributed by atoms with Crippen molar-refractivity contribution in [1.82, 2.24) is 10.2 Å². The summed E-state index contributed by atoms with van der Waals surface area (Å²) >= 11 is 0. The molecule has 0 aliphatic carbocycles. The lowest BCUT2D eigenvalue weighted by Gasteiger charge is -2.33. The number of carbonyl (C=O) groups excluding carboxylic acids is 1. The molecule has 0 radical (unpaired) electrons. The predicted octanol–water partition coefficient (Wildman–Crippen LogP) is 4.06. The van der Waals surface area contributed by atoms with Crippen molar-refractivity contribution < 1.29 is 13.9 Å². The third-order valence-electron chi connectivity index (χ3n) is 4.59. The summed E-state index contributed by atoms with van der Waals surface area (Å²) in [5.74, 6) is 1.62. The van der Waals surface area contributed by atoms with Gasteiger partial charge in [-0.25, -0.2) is 0 Å². The maximum absolute atomic E-state index is 12.5. The lowest BCUT2D eigenvalue weighted by molar-refractivity contribution is 0.0914. The average molecular weight is 379 g/mol. The molecule has 2 heterocycles. The molecule has 142 valence electrons. The summed E-state index contributed by atoms with van der Waals surface area (Å²) in [6, 6.07) is 11.2. The Morgan fingerprint density at radius 1 is 1.19 bits per heavy atom. The molecule has 0 spiro atoms. The second-order valence-electron chi connectivity index (χ2n) is 6.30. The molecule has 1 aliphatic rings. The van der Waals surface area contributed by atoms with Crippen molar-refractivity contribution in [3.8, 4) is 5.75 Å². The van der Waals surface area contributed by atoms with Gasteiger partial charge >= 0.3 is 0 Å². The van der Waals surface area contributed by atoms with Crippen molar-refractivity contribution in [2.45, 2.75) is 32.2 Å². The van der Waals surface area contributed by atoms with E-state index in [9.17, 15) is 4.79 Å². The maximum atomic E-state index is 12.5. The van der Waals surface area contributed by atoms with Crippen LogP contribution in [0.5, 0.6) is 5.75 Å². The number of halogens is 1. The van der Waals surface area contributed by atoms with Crippen LogP contribution in [0.1, 0.15) is 48.3 Å². The van der Waals surface area contributed by atoms with E-state index in [1.54, 1.807) is 18.4 Å². The molecule has 6 heteroatoms. The minimum absolute atomic E-state index is 0. The van der Waals surface area contributed by atoms with Gasteiger partial charge in [-0.3, -0.25) is 9.69 Å². The highest BCUT2D eigenvalue weighted by molar-refractivity contribution is 5.94. The van der Waals surface area contributed by atoms with Gasteiger partial charge in [-0.1, -0.05) is 6.42 Å². The number of hydrogen-bond donors (Lipinski definition) is 1. The molecule has 1 unspecified atom stereocenters. The number of carbonyl (C=O) groups is 1. The molecule has 1 atom stereocenters. The number of hydrogen-bond acceptors (Lipinski definition) is 4. The second-order valence-corrected chi connectivity index (χ2v) is 6.30. The molecule has 1 amide bonds. The van der Waals surface area contributed by atoms with Crippen molar-refractivity contribution in [1.29, 1.82) is 0 Å². The Bertz CT molecular complexity index is 652. The van der Waals surface area contributed by atoms with E-state index in [4.69, 9.17) is 9.15 Å². The zero-order valence-corrected chi connectivity index (χ0v) is 16.0. The summed E-state index contributed by atoms with van der Waals surface area (Å²) in [5, 5.41) is 3.05. The molecule has 2 aromatic rings. The molecular weight excluding hydrogens is 352 g/mol. The first-order chi connectivity index (χ1) is 12.3. The lowest BCUT2D eigenvalue weighted by Crippen LogP contribution is -2.40. The van der Waals surface area contributed by atoms with E-state index in [2.05, 4.69) is 10.2 Å². The van der Waals surface area contributed by atoms with E-state index in [1.807, 2.05) is 31.2 Å². The van der Waals surface area contributed by atoms with Crippen LogP contribution in [0.25, 0.3) is 0 Å².